The highest BCUT2D eigenvalue weighted by molar-refractivity contribution is 7.92. The molecule has 1 amide bonds. The molecule has 2 aromatic rings. The molecule has 0 radical (unpaired) electrons. The largest absolute Gasteiger partial charge is 0.482 e. The van der Waals surface area contributed by atoms with Crippen molar-refractivity contribution in [1.29, 1.82) is 0 Å². The predicted molar refractivity (Wildman–Crippen MR) is 99.2 cm³/mol. The highest BCUT2D eigenvalue weighted by Gasteiger charge is 2.34. The maximum Gasteiger partial charge on any atom is 0.269 e. The first-order valence-corrected chi connectivity index (χ1v) is 9.94. The Kier molecular flexibility index (Phi) is 4.78. The fraction of sp³-hybridized carbons (Fsp3) is 0.278. The lowest BCUT2D eigenvalue weighted by molar-refractivity contribution is -0.128. The van der Waals surface area contributed by atoms with Crippen LogP contribution < -0.4 is 19.5 Å². The van der Waals surface area contributed by atoms with Gasteiger partial charge in [-0.05, 0) is 49.7 Å². The molecule has 0 unspecified atom stereocenters. The Bertz CT molecular complexity index is 942. The van der Waals surface area contributed by atoms with Crippen molar-refractivity contribution in [2.45, 2.75) is 26.1 Å². The van der Waals surface area contributed by atoms with Crippen LogP contribution in [0.25, 0.3) is 0 Å². The van der Waals surface area contributed by atoms with Crippen LogP contribution in [0, 0.1) is 6.92 Å². The molecule has 0 aliphatic carbocycles. The second-order valence-corrected chi connectivity index (χ2v) is 7.95. The molecular formula is C18H20N2O5S. The number of anilines is 2. The summed E-state index contributed by atoms with van der Waals surface area (Å²) in [5.74, 6) is 0.793. The van der Waals surface area contributed by atoms with Gasteiger partial charge in [0.05, 0.1) is 11.9 Å². The molecule has 0 bridgehead atoms. The van der Waals surface area contributed by atoms with E-state index in [1.807, 2.05) is 12.1 Å². The Balaban J connectivity index is 1.73. The molecule has 1 aliphatic rings. The van der Waals surface area contributed by atoms with Crippen LogP contribution in [0.5, 0.6) is 11.5 Å². The van der Waals surface area contributed by atoms with E-state index in [0.29, 0.717) is 28.4 Å². The first-order valence-electron chi connectivity index (χ1n) is 8.04. The van der Waals surface area contributed by atoms with Gasteiger partial charge in [0.25, 0.3) is 5.91 Å². The van der Waals surface area contributed by atoms with E-state index in [1.165, 1.54) is 0 Å². The Morgan fingerprint density at radius 1 is 1.08 bits per heavy atom. The number of para-hydroxylation sites is 2. The van der Waals surface area contributed by atoms with Crippen molar-refractivity contribution in [3.8, 4) is 11.5 Å². The van der Waals surface area contributed by atoms with Gasteiger partial charge in [-0.25, -0.2) is 8.42 Å². The summed E-state index contributed by atoms with van der Waals surface area (Å²) < 4.78 is 36.6. The van der Waals surface area contributed by atoms with Crippen LogP contribution >= 0.6 is 0 Å². The van der Waals surface area contributed by atoms with Gasteiger partial charge in [-0.15, -0.1) is 0 Å². The van der Waals surface area contributed by atoms with E-state index in [9.17, 15) is 13.2 Å². The van der Waals surface area contributed by atoms with Crippen LogP contribution in [0.1, 0.15) is 12.5 Å². The van der Waals surface area contributed by atoms with E-state index >= 15 is 0 Å². The summed E-state index contributed by atoms with van der Waals surface area (Å²) in [6, 6.07) is 12.1. The summed E-state index contributed by atoms with van der Waals surface area (Å²) in [5.41, 5.74) is 1.69. The summed E-state index contributed by atoms with van der Waals surface area (Å²) in [4.78, 5) is 12.6. The Morgan fingerprint density at radius 2 is 1.73 bits per heavy atom. The average molecular weight is 376 g/mol. The van der Waals surface area contributed by atoms with Crippen molar-refractivity contribution >= 4 is 27.3 Å². The summed E-state index contributed by atoms with van der Waals surface area (Å²) in [5, 5.41) is 2.78. The molecular weight excluding hydrogens is 356 g/mol. The monoisotopic (exact) mass is 376 g/mol. The third-order valence-electron chi connectivity index (χ3n) is 3.89. The van der Waals surface area contributed by atoms with Crippen molar-refractivity contribution in [1.82, 2.24) is 0 Å². The van der Waals surface area contributed by atoms with Gasteiger partial charge in [-0.2, -0.15) is 0 Å². The molecule has 0 saturated heterocycles. The van der Waals surface area contributed by atoms with E-state index < -0.39 is 22.2 Å². The lowest BCUT2D eigenvalue weighted by Gasteiger charge is -2.31. The minimum atomic E-state index is -3.36. The maximum atomic E-state index is 12.6. The van der Waals surface area contributed by atoms with E-state index in [0.717, 1.165) is 6.26 Å². The van der Waals surface area contributed by atoms with Crippen LogP contribution in [-0.2, 0) is 14.8 Å². The summed E-state index contributed by atoms with van der Waals surface area (Å²) in [6.45, 7) is 3.52. The Hall–Kier alpha value is -2.74. The van der Waals surface area contributed by atoms with Gasteiger partial charge < -0.3 is 14.8 Å². The van der Waals surface area contributed by atoms with Crippen LogP contribution in [-0.4, -0.2) is 32.8 Å². The molecule has 8 heteroatoms. The summed E-state index contributed by atoms with van der Waals surface area (Å²) in [6.07, 6.45) is -0.155. The van der Waals surface area contributed by atoms with Crippen LogP contribution in [0.15, 0.2) is 42.5 Å². The predicted octanol–water partition coefficient (Wildman–Crippen LogP) is 2.53. The fourth-order valence-electron chi connectivity index (χ4n) is 2.68. The van der Waals surface area contributed by atoms with E-state index in [2.05, 4.69) is 10.0 Å². The second kappa shape index (κ2) is 6.87. The van der Waals surface area contributed by atoms with Gasteiger partial charge in [0, 0.05) is 5.69 Å². The van der Waals surface area contributed by atoms with Crippen molar-refractivity contribution < 1.29 is 22.7 Å². The zero-order valence-corrected chi connectivity index (χ0v) is 15.5. The molecule has 1 aliphatic heterocycles. The molecule has 0 aromatic heterocycles. The smallest absolute Gasteiger partial charge is 0.269 e. The number of carbonyl (C=O) groups excluding carboxylic acids is 1. The first kappa shape index (κ1) is 18.1. The number of aryl methyl sites for hydroxylation is 1. The molecule has 3 rings (SSSR count). The van der Waals surface area contributed by atoms with Gasteiger partial charge in [-0.3, -0.25) is 9.52 Å². The molecule has 1 heterocycles. The quantitative estimate of drug-likeness (QED) is 0.855. The number of fused-ring (bicyclic) bond motifs is 1. The Morgan fingerprint density at radius 3 is 2.35 bits per heavy atom. The zero-order chi connectivity index (χ0) is 18.9. The molecule has 7 nitrogen and oxygen atoms in total. The van der Waals surface area contributed by atoms with E-state index in [1.54, 1.807) is 44.2 Å². The number of hydrogen-bond acceptors (Lipinski definition) is 5. The van der Waals surface area contributed by atoms with Crippen LogP contribution in [0.3, 0.4) is 0 Å². The van der Waals surface area contributed by atoms with Crippen molar-refractivity contribution in [3.05, 3.63) is 48.0 Å². The number of sulfonamides is 1. The SMILES string of the molecule is Cc1cc(NC(=O)[C@@H]2Oc3ccccc3O[C@@H]2C)ccc1NS(C)(=O)=O. The van der Waals surface area contributed by atoms with Crippen molar-refractivity contribution in [2.75, 3.05) is 16.3 Å². The van der Waals surface area contributed by atoms with Gasteiger partial charge in [0.1, 0.15) is 6.10 Å². The summed E-state index contributed by atoms with van der Waals surface area (Å²) >= 11 is 0. The number of carbonyl (C=O) groups is 1. The molecule has 2 N–H and O–H groups in total. The van der Waals surface area contributed by atoms with Gasteiger partial charge in [-0.1, -0.05) is 12.1 Å². The van der Waals surface area contributed by atoms with Gasteiger partial charge >= 0.3 is 0 Å². The summed E-state index contributed by atoms with van der Waals surface area (Å²) in [7, 11) is -3.36. The molecule has 2 aromatic carbocycles. The fourth-order valence-corrected chi connectivity index (χ4v) is 3.30. The minimum Gasteiger partial charge on any atom is -0.482 e. The minimum absolute atomic E-state index is 0.338. The third kappa shape index (κ3) is 4.08. The first-order chi connectivity index (χ1) is 12.2. The number of benzene rings is 2. The standard InChI is InChI=1S/C18H20N2O5S/c1-11-10-13(8-9-14(11)20-26(3,22)23)19-18(21)17-12(2)24-15-6-4-5-7-16(15)25-17/h4-10,12,17,20H,1-3H3,(H,19,21)/t12-,17-/m1/s1. The highest BCUT2D eigenvalue weighted by atomic mass is 32.2. The number of ether oxygens (including phenoxy) is 2. The van der Waals surface area contributed by atoms with Crippen LogP contribution in [0.4, 0.5) is 11.4 Å². The zero-order valence-electron chi connectivity index (χ0n) is 14.6. The normalized spacial score (nSPS) is 18.9. The molecule has 138 valence electrons. The van der Waals surface area contributed by atoms with Gasteiger partial charge in [0.2, 0.25) is 16.1 Å². The lowest BCUT2D eigenvalue weighted by atomic mass is 10.1. The molecule has 26 heavy (non-hydrogen) atoms. The lowest BCUT2D eigenvalue weighted by Crippen LogP contribution is -2.46. The molecule has 0 fully saturated rings. The molecule has 2 atom stereocenters. The van der Waals surface area contributed by atoms with Crippen molar-refractivity contribution in [2.24, 2.45) is 0 Å². The molecule has 0 saturated carbocycles. The number of hydrogen-bond donors (Lipinski definition) is 2. The number of rotatable bonds is 4. The number of nitrogens with one attached hydrogen (secondary N) is 2. The Labute approximate surface area is 152 Å². The number of amides is 1. The average Bonchev–Trinajstić information content (AvgIpc) is 2.55. The van der Waals surface area contributed by atoms with Gasteiger partial charge in [0.15, 0.2) is 11.5 Å². The third-order valence-corrected chi connectivity index (χ3v) is 4.48. The maximum absolute atomic E-state index is 12.6. The second-order valence-electron chi connectivity index (χ2n) is 6.20. The van der Waals surface area contributed by atoms with Crippen molar-refractivity contribution in [3.63, 3.8) is 0 Å². The van der Waals surface area contributed by atoms with Crippen LogP contribution in [0.2, 0.25) is 0 Å². The highest BCUT2D eigenvalue weighted by Crippen LogP contribution is 2.33. The van der Waals surface area contributed by atoms with E-state index in [-0.39, 0.29) is 5.91 Å². The topological polar surface area (TPSA) is 93.7 Å². The van der Waals surface area contributed by atoms with E-state index in [4.69, 9.17) is 9.47 Å². The molecule has 0 spiro atoms.